The summed E-state index contributed by atoms with van der Waals surface area (Å²) in [6.07, 6.45) is 0.626. The Bertz CT molecular complexity index is 522. The molecule has 0 spiro atoms. The predicted octanol–water partition coefficient (Wildman–Crippen LogP) is 1.26. The van der Waals surface area contributed by atoms with Crippen molar-refractivity contribution in [2.45, 2.75) is 30.8 Å². The molecule has 0 saturated carbocycles. The van der Waals surface area contributed by atoms with Crippen molar-refractivity contribution in [3.63, 3.8) is 0 Å². The average Bonchev–Trinajstić information content (AvgIpc) is 2.40. The number of aliphatic hydroxyl groups excluding tert-OH is 1. The van der Waals surface area contributed by atoms with Crippen LogP contribution >= 0.6 is 0 Å². The monoisotopic (exact) mass is 284 g/mol. The molecule has 2 rings (SSSR count). The molecule has 0 radical (unpaired) electrons. The van der Waals surface area contributed by atoms with Crippen LogP contribution in [-0.2, 0) is 10.0 Å². The highest BCUT2D eigenvalue weighted by Gasteiger charge is 2.30. The number of hydrogen-bond acceptors (Lipinski definition) is 4. The number of aliphatic hydroxyl groups is 1. The normalized spacial score (nSPS) is 18.4. The van der Waals surface area contributed by atoms with E-state index in [1.807, 2.05) is 13.0 Å². The first-order valence-corrected chi connectivity index (χ1v) is 8.01. The minimum absolute atomic E-state index is 0.313. The SMILES string of the molecule is CCNc1ccccc1S(=O)(=O)N1CCC(O)CC1. The number of benzene rings is 1. The number of sulfonamides is 1. The number of para-hydroxylation sites is 1. The van der Waals surface area contributed by atoms with Gasteiger partial charge in [-0.15, -0.1) is 0 Å². The van der Waals surface area contributed by atoms with Crippen LogP contribution in [0.2, 0.25) is 0 Å². The van der Waals surface area contributed by atoms with E-state index in [1.165, 1.54) is 4.31 Å². The lowest BCUT2D eigenvalue weighted by atomic mass is 10.1. The standard InChI is InChI=1S/C13H20N2O3S/c1-2-14-12-5-3-4-6-13(12)19(17,18)15-9-7-11(16)8-10-15/h3-6,11,14,16H,2,7-10H2,1H3. The van der Waals surface area contributed by atoms with Crippen molar-refractivity contribution in [3.8, 4) is 0 Å². The maximum Gasteiger partial charge on any atom is 0.245 e. The van der Waals surface area contributed by atoms with E-state index in [0.29, 0.717) is 43.1 Å². The predicted molar refractivity (Wildman–Crippen MR) is 74.6 cm³/mol. The van der Waals surface area contributed by atoms with Gasteiger partial charge in [0.25, 0.3) is 0 Å². The third-order valence-electron chi connectivity index (χ3n) is 3.30. The minimum atomic E-state index is -3.48. The van der Waals surface area contributed by atoms with Crippen molar-refractivity contribution in [1.82, 2.24) is 4.31 Å². The Hall–Kier alpha value is -1.11. The highest BCUT2D eigenvalue weighted by molar-refractivity contribution is 7.89. The van der Waals surface area contributed by atoms with Gasteiger partial charge in [-0.25, -0.2) is 8.42 Å². The van der Waals surface area contributed by atoms with Gasteiger partial charge >= 0.3 is 0 Å². The summed E-state index contributed by atoms with van der Waals surface area (Å²) in [5.41, 5.74) is 0.635. The van der Waals surface area contributed by atoms with Crippen LogP contribution in [0.3, 0.4) is 0 Å². The molecule has 1 heterocycles. The third-order valence-corrected chi connectivity index (χ3v) is 5.25. The van der Waals surface area contributed by atoms with E-state index in [4.69, 9.17) is 0 Å². The van der Waals surface area contributed by atoms with Gasteiger partial charge in [0.05, 0.1) is 11.8 Å². The Morgan fingerprint density at radius 2 is 1.95 bits per heavy atom. The first-order chi connectivity index (χ1) is 9.05. The van der Waals surface area contributed by atoms with Gasteiger partial charge in [-0.2, -0.15) is 4.31 Å². The summed E-state index contributed by atoms with van der Waals surface area (Å²) in [5, 5.41) is 12.5. The van der Waals surface area contributed by atoms with Crippen LogP contribution in [0.1, 0.15) is 19.8 Å². The zero-order valence-corrected chi connectivity index (χ0v) is 11.9. The lowest BCUT2D eigenvalue weighted by Crippen LogP contribution is -2.40. The molecule has 1 aromatic carbocycles. The number of nitrogens with one attached hydrogen (secondary N) is 1. The van der Waals surface area contributed by atoms with Crippen LogP contribution in [0.15, 0.2) is 29.2 Å². The van der Waals surface area contributed by atoms with Crippen LogP contribution in [0, 0.1) is 0 Å². The second-order valence-electron chi connectivity index (χ2n) is 4.66. The van der Waals surface area contributed by atoms with Gasteiger partial charge in [0.15, 0.2) is 0 Å². The summed E-state index contributed by atoms with van der Waals surface area (Å²) in [6.45, 7) is 3.36. The van der Waals surface area contributed by atoms with E-state index < -0.39 is 10.0 Å². The Morgan fingerprint density at radius 3 is 2.58 bits per heavy atom. The first-order valence-electron chi connectivity index (χ1n) is 6.57. The van der Waals surface area contributed by atoms with Gasteiger partial charge in [-0.1, -0.05) is 12.1 Å². The molecule has 0 aliphatic carbocycles. The minimum Gasteiger partial charge on any atom is -0.393 e. The number of piperidine rings is 1. The molecule has 0 bridgehead atoms. The summed E-state index contributed by atoms with van der Waals surface area (Å²) >= 11 is 0. The fourth-order valence-corrected chi connectivity index (χ4v) is 3.89. The molecule has 0 amide bonds. The smallest absolute Gasteiger partial charge is 0.245 e. The molecule has 2 N–H and O–H groups in total. The van der Waals surface area contributed by atoms with E-state index in [0.717, 1.165) is 0 Å². The molecule has 1 fully saturated rings. The molecular weight excluding hydrogens is 264 g/mol. The van der Waals surface area contributed by atoms with E-state index in [1.54, 1.807) is 18.2 Å². The summed E-state index contributed by atoms with van der Waals surface area (Å²) in [6, 6.07) is 6.94. The second-order valence-corrected chi connectivity index (χ2v) is 6.57. The number of nitrogens with zero attached hydrogens (tertiary/aromatic N) is 1. The van der Waals surface area contributed by atoms with E-state index >= 15 is 0 Å². The fraction of sp³-hybridized carbons (Fsp3) is 0.538. The van der Waals surface area contributed by atoms with Gasteiger partial charge in [0, 0.05) is 19.6 Å². The first kappa shape index (κ1) is 14.3. The van der Waals surface area contributed by atoms with Gasteiger partial charge < -0.3 is 10.4 Å². The van der Waals surface area contributed by atoms with Crippen molar-refractivity contribution in [1.29, 1.82) is 0 Å². The highest BCUT2D eigenvalue weighted by Crippen LogP contribution is 2.26. The molecule has 1 aliphatic heterocycles. The molecule has 1 aliphatic rings. The number of hydrogen-bond donors (Lipinski definition) is 2. The van der Waals surface area contributed by atoms with Gasteiger partial charge in [-0.3, -0.25) is 0 Å². The van der Waals surface area contributed by atoms with Crippen LogP contribution in [0.25, 0.3) is 0 Å². The summed E-state index contributed by atoms with van der Waals surface area (Å²) in [5.74, 6) is 0. The molecule has 106 valence electrons. The molecule has 1 saturated heterocycles. The summed E-state index contributed by atoms with van der Waals surface area (Å²) in [4.78, 5) is 0.313. The van der Waals surface area contributed by atoms with E-state index in [-0.39, 0.29) is 6.10 Å². The van der Waals surface area contributed by atoms with Crippen molar-refractivity contribution in [2.24, 2.45) is 0 Å². The fourth-order valence-electron chi connectivity index (χ4n) is 2.25. The molecule has 0 aromatic heterocycles. The topological polar surface area (TPSA) is 69.6 Å². The largest absolute Gasteiger partial charge is 0.393 e. The molecule has 1 aromatic rings. The van der Waals surface area contributed by atoms with Crippen molar-refractivity contribution in [3.05, 3.63) is 24.3 Å². The Morgan fingerprint density at radius 1 is 1.32 bits per heavy atom. The summed E-state index contributed by atoms with van der Waals surface area (Å²) in [7, 11) is -3.48. The van der Waals surface area contributed by atoms with Crippen LogP contribution in [0.4, 0.5) is 5.69 Å². The zero-order valence-electron chi connectivity index (χ0n) is 11.0. The third kappa shape index (κ3) is 3.08. The number of rotatable bonds is 4. The molecular formula is C13H20N2O3S. The quantitative estimate of drug-likeness (QED) is 0.873. The summed E-state index contributed by atoms with van der Waals surface area (Å²) < 4.78 is 26.6. The molecule has 5 nitrogen and oxygen atoms in total. The molecule has 0 unspecified atom stereocenters. The lowest BCUT2D eigenvalue weighted by Gasteiger charge is -2.29. The number of anilines is 1. The second kappa shape index (κ2) is 5.90. The van der Waals surface area contributed by atoms with Crippen LogP contribution in [0.5, 0.6) is 0 Å². The highest BCUT2D eigenvalue weighted by atomic mass is 32.2. The van der Waals surface area contributed by atoms with Crippen molar-refractivity contribution < 1.29 is 13.5 Å². The van der Waals surface area contributed by atoms with Crippen molar-refractivity contribution >= 4 is 15.7 Å². The van der Waals surface area contributed by atoms with Crippen molar-refractivity contribution in [2.75, 3.05) is 25.0 Å². The zero-order chi connectivity index (χ0) is 13.9. The van der Waals surface area contributed by atoms with E-state index in [2.05, 4.69) is 5.32 Å². The van der Waals surface area contributed by atoms with E-state index in [9.17, 15) is 13.5 Å². The maximum absolute atomic E-state index is 12.6. The van der Waals surface area contributed by atoms with Gasteiger partial charge in [-0.05, 0) is 31.9 Å². The molecule has 6 heteroatoms. The average molecular weight is 284 g/mol. The van der Waals surface area contributed by atoms with Crippen LogP contribution < -0.4 is 5.32 Å². The maximum atomic E-state index is 12.6. The Labute approximate surface area is 114 Å². The van der Waals surface area contributed by atoms with Gasteiger partial charge in [0.2, 0.25) is 10.0 Å². The Kier molecular flexibility index (Phi) is 4.44. The molecule has 0 atom stereocenters. The van der Waals surface area contributed by atoms with Gasteiger partial charge in [0.1, 0.15) is 4.90 Å². The Balaban J connectivity index is 2.29. The lowest BCUT2D eigenvalue weighted by molar-refractivity contribution is 0.113. The molecule has 19 heavy (non-hydrogen) atoms. The van der Waals surface area contributed by atoms with Crippen LogP contribution in [-0.4, -0.2) is 43.6 Å².